The number of likely N-dealkylation sites (N-methyl/N-ethyl adjacent to an activating group) is 1. The van der Waals surface area contributed by atoms with E-state index in [0.29, 0.717) is 0 Å². The van der Waals surface area contributed by atoms with E-state index in [9.17, 15) is 0 Å². The van der Waals surface area contributed by atoms with Crippen LogP contribution >= 0.6 is 11.6 Å². The minimum absolute atomic E-state index is 0.108. The largest absolute Gasteiger partial charge is 0.371 e. The first-order valence-corrected chi connectivity index (χ1v) is 3.74. The first kappa shape index (κ1) is 7.63. The standard InChI is InChI=1S/C7H11ClN2/c1-2-9-7-6(8)4-3-5-10-7/h3-5,7,9-10H,2H2,1H3. The predicted molar refractivity (Wildman–Crippen MR) is 43.7 cm³/mol. The topological polar surface area (TPSA) is 24.1 Å². The van der Waals surface area contributed by atoms with Gasteiger partial charge in [0, 0.05) is 0 Å². The third-order valence-corrected chi connectivity index (χ3v) is 1.64. The van der Waals surface area contributed by atoms with Gasteiger partial charge in [0.15, 0.2) is 0 Å². The number of rotatable bonds is 2. The van der Waals surface area contributed by atoms with Gasteiger partial charge < -0.3 is 5.32 Å². The van der Waals surface area contributed by atoms with E-state index >= 15 is 0 Å². The Hall–Kier alpha value is -0.470. The molecular weight excluding hydrogens is 148 g/mol. The van der Waals surface area contributed by atoms with E-state index in [1.54, 1.807) is 0 Å². The molecule has 0 aliphatic carbocycles. The number of halogens is 1. The van der Waals surface area contributed by atoms with Crippen LogP contribution in [0.25, 0.3) is 0 Å². The summed E-state index contributed by atoms with van der Waals surface area (Å²) in [5, 5.41) is 7.06. The molecule has 1 aliphatic rings. The van der Waals surface area contributed by atoms with Crippen molar-refractivity contribution >= 4 is 11.6 Å². The quantitative estimate of drug-likeness (QED) is 0.631. The molecule has 56 valence electrons. The Labute approximate surface area is 65.9 Å². The van der Waals surface area contributed by atoms with E-state index < -0.39 is 0 Å². The number of hydrogen-bond donors (Lipinski definition) is 2. The minimum Gasteiger partial charge on any atom is -0.371 e. The first-order chi connectivity index (χ1) is 4.84. The highest BCUT2D eigenvalue weighted by Gasteiger charge is 2.09. The van der Waals surface area contributed by atoms with E-state index in [2.05, 4.69) is 10.6 Å². The zero-order valence-corrected chi connectivity index (χ0v) is 6.65. The van der Waals surface area contributed by atoms with Crippen LogP contribution in [0.4, 0.5) is 0 Å². The van der Waals surface area contributed by atoms with Crippen molar-refractivity contribution in [3.05, 3.63) is 23.4 Å². The van der Waals surface area contributed by atoms with Gasteiger partial charge in [-0.1, -0.05) is 18.5 Å². The summed E-state index contributed by atoms with van der Waals surface area (Å²) in [4.78, 5) is 0. The fraction of sp³-hybridized carbons (Fsp3) is 0.429. The van der Waals surface area contributed by atoms with E-state index in [1.807, 2.05) is 25.3 Å². The molecule has 0 bridgehead atoms. The van der Waals surface area contributed by atoms with Gasteiger partial charge in [0.25, 0.3) is 0 Å². The van der Waals surface area contributed by atoms with Crippen LogP contribution in [0.3, 0.4) is 0 Å². The summed E-state index contributed by atoms with van der Waals surface area (Å²) in [5.41, 5.74) is 0. The number of hydrogen-bond acceptors (Lipinski definition) is 2. The van der Waals surface area contributed by atoms with Gasteiger partial charge in [0.05, 0.1) is 5.03 Å². The van der Waals surface area contributed by atoms with Crippen LogP contribution in [0, 0.1) is 0 Å². The molecule has 1 rings (SSSR count). The highest BCUT2D eigenvalue weighted by Crippen LogP contribution is 2.08. The molecule has 2 nitrogen and oxygen atoms in total. The van der Waals surface area contributed by atoms with Crippen LogP contribution in [0.15, 0.2) is 23.4 Å². The van der Waals surface area contributed by atoms with Crippen LogP contribution in [-0.4, -0.2) is 12.7 Å². The normalized spacial score (nSPS) is 23.8. The molecule has 1 atom stereocenters. The summed E-state index contributed by atoms with van der Waals surface area (Å²) >= 11 is 5.85. The minimum atomic E-state index is 0.108. The maximum absolute atomic E-state index is 5.85. The smallest absolute Gasteiger partial charge is 0.114 e. The zero-order valence-electron chi connectivity index (χ0n) is 5.89. The van der Waals surface area contributed by atoms with Gasteiger partial charge in [-0.25, -0.2) is 0 Å². The zero-order chi connectivity index (χ0) is 7.40. The van der Waals surface area contributed by atoms with Crippen molar-refractivity contribution in [1.82, 2.24) is 10.6 Å². The third-order valence-electron chi connectivity index (χ3n) is 1.30. The van der Waals surface area contributed by atoms with Crippen molar-refractivity contribution < 1.29 is 0 Å². The maximum Gasteiger partial charge on any atom is 0.114 e. The molecule has 1 aliphatic heterocycles. The fourth-order valence-corrected chi connectivity index (χ4v) is 1.04. The molecule has 0 aromatic carbocycles. The highest BCUT2D eigenvalue weighted by atomic mass is 35.5. The lowest BCUT2D eigenvalue weighted by molar-refractivity contribution is 0.556. The summed E-state index contributed by atoms with van der Waals surface area (Å²) in [6.07, 6.45) is 5.75. The Morgan fingerprint density at radius 1 is 1.80 bits per heavy atom. The average molecular weight is 159 g/mol. The summed E-state index contributed by atoms with van der Waals surface area (Å²) in [5.74, 6) is 0. The van der Waals surface area contributed by atoms with Gasteiger partial charge in [0.2, 0.25) is 0 Å². The molecule has 0 aromatic rings. The Kier molecular flexibility index (Phi) is 2.78. The van der Waals surface area contributed by atoms with Gasteiger partial charge in [0.1, 0.15) is 6.17 Å². The van der Waals surface area contributed by atoms with Gasteiger partial charge in [-0.3, -0.25) is 5.32 Å². The second-order valence-corrected chi connectivity index (χ2v) is 2.50. The lowest BCUT2D eigenvalue weighted by atomic mass is 10.3. The van der Waals surface area contributed by atoms with Crippen LogP contribution in [0.2, 0.25) is 0 Å². The lowest BCUT2D eigenvalue weighted by Gasteiger charge is -2.19. The monoisotopic (exact) mass is 158 g/mol. The predicted octanol–water partition coefficient (Wildman–Crippen LogP) is 1.16. The molecule has 0 spiro atoms. The summed E-state index contributed by atoms with van der Waals surface area (Å²) < 4.78 is 0. The fourth-order valence-electron chi connectivity index (χ4n) is 0.828. The molecule has 0 radical (unpaired) electrons. The Morgan fingerprint density at radius 2 is 2.60 bits per heavy atom. The molecule has 2 N–H and O–H groups in total. The molecule has 1 unspecified atom stereocenters. The molecule has 0 fully saturated rings. The molecule has 10 heavy (non-hydrogen) atoms. The van der Waals surface area contributed by atoms with Crippen molar-refractivity contribution in [3.8, 4) is 0 Å². The van der Waals surface area contributed by atoms with Crippen molar-refractivity contribution in [3.63, 3.8) is 0 Å². The Balaban J connectivity index is 2.47. The Bertz CT molecular complexity index is 163. The van der Waals surface area contributed by atoms with Crippen molar-refractivity contribution in [2.24, 2.45) is 0 Å². The van der Waals surface area contributed by atoms with E-state index in [4.69, 9.17) is 11.6 Å². The summed E-state index contributed by atoms with van der Waals surface area (Å²) in [6, 6.07) is 0. The number of dihydropyridines is 1. The molecule has 0 amide bonds. The van der Waals surface area contributed by atoms with Gasteiger partial charge in [-0.05, 0) is 24.9 Å². The number of allylic oxidation sites excluding steroid dienone is 2. The van der Waals surface area contributed by atoms with Gasteiger partial charge in [-0.2, -0.15) is 0 Å². The third kappa shape index (κ3) is 1.75. The summed E-state index contributed by atoms with van der Waals surface area (Å²) in [6.45, 7) is 2.96. The van der Waals surface area contributed by atoms with Crippen LogP contribution in [-0.2, 0) is 0 Å². The SMILES string of the molecule is CCNC1NC=CC=C1Cl. The summed E-state index contributed by atoms with van der Waals surface area (Å²) in [7, 11) is 0. The molecule has 0 saturated heterocycles. The van der Waals surface area contributed by atoms with E-state index in [1.165, 1.54) is 0 Å². The van der Waals surface area contributed by atoms with E-state index in [-0.39, 0.29) is 6.17 Å². The second kappa shape index (κ2) is 3.64. The first-order valence-electron chi connectivity index (χ1n) is 3.36. The van der Waals surface area contributed by atoms with Crippen LogP contribution in [0.1, 0.15) is 6.92 Å². The maximum atomic E-state index is 5.85. The molecular formula is C7H11ClN2. The highest BCUT2D eigenvalue weighted by molar-refractivity contribution is 6.30. The molecule has 0 saturated carbocycles. The Morgan fingerprint density at radius 3 is 3.20 bits per heavy atom. The van der Waals surface area contributed by atoms with Crippen molar-refractivity contribution in [2.75, 3.05) is 6.54 Å². The second-order valence-electron chi connectivity index (χ2n) is 2.07. The number of nitrogens with one attached hydrogen (secondary N) is 2. The van der Waals surface area contributed by atoms with Gasteiger partial charge >= 0.3 is 0 Å². The van der Waals surface area contributed by atoms with E-state index in [0.717, 1.165) is 11.6 Å². The molecule has 3 heteroatoms. The molecule has 0 aromatic heterocycles. The van der Waals surface area contributed by atoms with Crippen LogP contribution < -0.4 is 10.6 Å². The van der Waals surface area contributed by atoms with Gasteiger partial charge in [-0.15, -0.1) is 0 Å². The van der Waals surface area contributed by atoms with Crippen molar-refractivity contribution in [1.29, 1.82) is 0 Å². The van der Waals surface area contributed by atoms with Crippen molar-refractivity contribution in [2.45, 2.75) is 13.1 Å². The molecule has 1 heterocycles. The lowest BCUT2D eigenvalue weighted by Crippen LogP contribution is -2.40. The van der Waals surface area contributed by atoms with Crippen LogP contribution in [0.5, 0.6) is 0 Å². The average Bonchev–Trinajstić information content (AvgIpc) is 1.94.